The van der Waals surface area contributed by atoms with E-state index < -0.39 is 23.2 Å². The van der Waals surface area contributed by atoms with Crippen LogP contribution in [0.2, 0.25) is 0 Å². The van der Waals surface area contributed by atoms with Crippen molar-refractivity contribution in [3.05, 3.63) is 35.6 Å². The van der Waals surface area contributed by atoms with Crippen LogP contribution >= 0.6 is 0 Å². The quantitative estimate of drug-likeness (QED) is 0.284. The highest BCUT2D eigenvalue weighted by Crippen LogP contribution is 2.31. The second kappa shape index (κ2) is 9.96. The summed E-state index contributed by atoms with van der Waals surface area (Å²) in [5, 5.41) is 13.0. The van der Waals surface area contributed by atoms with Crippen LogP contribution in [-0.4, -0.2) is 41.0 Å². The van der Waals surface area contributed by atoms with Gasteiger partial charge in [0.2, 0.25) is 12.3 Å². The molecule has 0 bridgehead atoms. The maximum atomic E-state index is 13.2. The lowest BCUT2D eigenvalue weighted by Gasteiger charge is -2.32. The Balaban J connectivity index is 2.19. The third kappa shape index (κ3) is 6.63. The average Bonchev–Trinajstić information content (AvgIpc) is 3.17. The Morgan fingerprint density at radius 1 is 1.24 bits per heavy atom. The van der Waals surface area contributed by atoms with E-state index >= 15 is 0 Å². The summed E-state index contributed by atoms with van der Waals surface area (Å²) >= 11 is 0. The first-order chi connectivity index (χ1) is 13.6. The Bertz CT molecular complexity index is 709. The van der Waals surface area contributed by atoms with Crippen molar-refractivity contribution >= 4 is 18.1 Å². The number of ketones is 1. The fourth-order valence-corrected chi connectivity index (χ4v) is 3.90. The van der Waals surface area contributed by atoms with Gasteiger partial charge in [-0.2, -0.15) is 0 Å². The molecule has 0 aromatic heterocycles. The summed E-state index contributed by atoms with van der Waals surface area (Å²) in [6.07, 6.45) is 5.10. The number of benzene rings is 1. The first-order valence-electron chi connectivity index (χ1n) is 10.1. The molecule has 1 fully saturated rings. The normalized spacial score (nSPS) is 16.9. The van der Waals surface area contributed by atoms with Gasteiger partial charge in [-0.25, -0.2) is 9.45 Å². The highest BCUT2D eigenvalue weighted by atomic mass is 19.1. The topological polar surface area (TPSA) is 86.7 Å². The highest BCUT2D eigenvalue weighted by molar-refractivity contribution is 6.02. The number of nitrogens with zero attached hydrogens (tertiary/aromatic N) is 1. The van der Waals surface area contributed by atoms with Crippen LogP contribution in [0.1, 0.15) is 63.2 Å². The first-order valence-corrected chi connectivity index (χ1v) is 10.1. The number of hydrogen-bond acceptors (Lipinski definition) is 4. The van der Waals surface area contributed by atoms with E-state index in [9.17, 15) is 24.0 Å². The number of rotatable bonds is 9. The summed E-state index contributed by atoms with van der Waals surface area (Å²) in [6, 6.07) is 4.41. The Morgan fingerprint density at radius 3 is 2.34 bits per heavy atom. The number of carbonyl (C=O) groups is 3. The summed E-state index contributed by atoms with van der Waals surface area (Å²) < 4.78 is 13.2. The maximum absolute atomic E-state index is 13.2. The van der Waals surface area contributed by atoms with E-state index in [0.29, 0.717) is 23.0 Å². The minimum atomic E-state index is -0.824. The molecular formula is C22H31FN2O4. The molecule has 1 aromatic carbocycles. The first kappa shape index (κ1) is 23.0. The summed E-state index contributed by atoms with van der Waals surface area (Å²) in [5.74, 6) is -1.35. The van der Waals surface area contributed by atoms with Gasteiger partial charge in [-0.1, -0.05) is 46.5 Å². The second-order valence-electron chi connectivity index (χ2n) is 8.99. The van der Waals surface area contributed by atoms with Crippen LogP contribution < -0.4 is 5.32 Å². The van der Waals surface area contributed by atoms with E-state index in [4.69, 9.17) is 0 Å². The summed E-state index contributed by atoms with van der Waals surface area (Å²) in [7, 11) is 0. The third-order valence-electron chi connectivity index (χ3n) is 5.54. The van der Waals surface area contributed by atoms with Crippen molar-refractivity contribution in [2.75, 3.05) is 6.54 Å². The molecule has 6 nitrogen and oxygen atoms in total. The summed E-state index contributed by atoms with van der Waals surface area (Å²) in [6.45, 7) is 5.41. The van der Waals surface area contributed by atoms with Crippen molar-refractivity contribution in [1.29, 1.82) is 0 Å². The Labute approximate surface area is 171 Å². The van der Waals surface area contributed by atoms with Crippen LogP contribution in [0.3, 0.4) is 0 Å². The molecule has 2 N–H and O–H groups in total. The molecule has 1 aliphatic carbocycles. The molecule has 2 amide bonds. The lowest BCUT2D eigenvalue weighted by molar-refractivity contribution is -0.155. The van der Waals surface area contributed by atoms with Gasteiger partial charge in [-0.15, -0.1) is 0 Å². The molecule has 1 aliphatic rings. The van der Waals surface area contributed by atoms with Crippen LogP contribution in [0.5, 0.6) is 0 Å². The van der Waals surface area contributed by atoms with Crippen LogP contribution in [0.25, 0.3) is 0 Å². The van der Waals surface area contributed by atoms with Crippen molar-refractivity contribution in [1.82, 2.24) is 10.4 Å². The third-order valence-corrected chi connectivity index (χ3v) is 5.54. The number of carbonyl (C=O) groups excluding carboxylic acids is 3. The Kier molecular flexibility index (Phi) is 7.90. The van der Waals surface area contributed by atoms with E-state index in [1.807, 2.05) is 20.8 Å². The number of hydroxylamine groups is 2. The van der Waals surface area contributed by atoms with Gasteiger partial charge in [0.15, 0.2) is 5.78 Å². The highest BCUT2D eigenvalue weighted by Gasteiger charge is 2.36. The van der Waals surface area contributed by atoms with Crippen molar-refractivity contribution in [2.24, 2.45) is 17.3 Å². The predicted octanol–water partition coefficient (Wildman–Crippen LogP) is 3.58. The molecular weight excluding hydrogens is 375 g/mol. The van der Waals surface area contributed by atoms with Crippen molar-refractivity contribution in [3.8, 4) is 0 Å². The van der Waals surface area contributed by atoms with Gasteiger partial charge in [0.05, 0.1) is 18.5 Å². The minimum absolute atomic E-state index is 0.118. The monoisotopic (exact) mass is 406 g/mol. The van der Waals surface area contributed by atoms with Gasteiger partial charge in [-0.3, -0.25) is 19.6 Å². The molecule has 0 aliphatic heterocycles. The molecule has 1 saturated carbocycles. The molecule has 1 aromatic rings. The minimum Gasteiger partial charge on any atom is -0.345 e. The van der Waals surface area contributed by atoms with Gasteiger partial charge in [0.1, 0.15) is 5.82 Å². The lowest BCUT2D eigenvalue weighted by Crippen LogP contribution is -2.52. The Morgan fingerprint density at radius 2 is 1.83 bits per heavy atom. The average molecular weight is 406 g/mol. The van der Waals surface area contributed by atoms with Gasteiger partial charge >= 0.3 is 0 Å². The zero-order valence-corrected chi connectivity index (χ0v) is 17.4. The molecule has 7 heteroatoms. The van der Waals surface area contributed by atoms with E-state index in [1.54, 1.807) is 0 Å². The fraction of sp³-hybridized carbons (Fsp3) is 0.591. The van der Waals surface area contributed by atoms with E-state index in [2.05, 4.69) is 5.32 Å². The van der Waals surface area contributed by atoms with E-state index in [1.165, 1.54) is 24.3 Å². The Hall–Kier alpha value is -2.28. The zero-order valence-electron chi connectivity index (χ0n) is 17.4. The molecule has 160 valence electrons. The SMILES string of the molecule is CC(C)(C)[C@H](NC(=O)[C@H](CC1CCCC1)CN(O)C=O)C(=O)c1ccc(F)cc1. The van der Waals surface area contributed by atoms with Crippen LogP contribution in [0.15, 0.2) is 24.3 Å². The molecule has 0 spiro atoms. The number of Topliss-reactive ketones (excluding diaryl/α,β-unsaturated/α-hetero) is 1. The molecule has 0 radical (unpaired) electrons. The fourth-order valence-electron chi connectivity index (χ4n) is 3.90. The van der Waals surface area contributed by atoms with Crippen LogP contribution in [0.4, 0.5) is 4.39 Å². The second-order valence-corrected chi connectivity index (χ2v) is 8.99. The molecule has 2 rings (SSSR count). The number of amides is 2. The standard InChI is InChI=1S/C22H31FN2O4/c1-22(2,3)20(19(27)16-8-10-18(23)11-9-16)24-21(28)17(13-25(29)14-26)12-15-6-4-5-7-15/h8-11,14-15,17,20,29H,4-7,12-13H2,1-3H3,(H,24,28)/t17-,20-/m1/s1. The van der Waals surface area contributed by atoms with Crippen molar-refractivity contribution in [2.45, 2.75) is 58.9 Å². The van der Waals surface area contributed by atoms with Crippen LogP contribution in [-0.2, 0) is 9.59 Å². The largest absolute Gasteiger partial charge is 0.345 e. The van der Waals surface area contributed by atoms with Gasteiger partial charge < -0.3 is 5.32 Å². The molecule has 2 atom stereocenters. The number of halogens is 1. The van der Waals surface area contributed by atoms with Crippen molar-refractivity contribution < 1.29 is 24.0 Å². The predicted molar refractivity (Wildman–Crippen MR) is 107 cm³/mol. The molecule has 29 heavy (non-hydrogen) atoms. The van der Waals surface area contributed by atoms with Gasteiger partial charge in [0, 0.05) is 5.56 Å². The smallest absolute Gasteiger partial charge is 0.233 e. The molecule has 0 heterocycles. The molecule has 0 saturated heterocycles. The summed E-state index contributed by atoms with van der Waals surface area (Å²) in [5.41, 5.74) is -0.265. The molecule has 0 unspecified atom stereocenters. The van der Waals surface area contributed by atoms with Crippen molar-refractivity contribution in [3.63, 3.8) is 0 Å². The maximum Gasteiger partial charge on any atom is 0.233 e. The zero-order chi connectivity index (χ0) is 21.6. The number of nitrogens with one attached hydrogen (secondary N) is 1. The van der Waals surface area contributed by atoms with E-state index in [-0.39, 0.29) is 24.6 Å². The van der Waals surface area contributed by atoms with Gasteiger partial charge in [-0.05, 0) is 42.0 Å². The summed E-state index contributed by atoms with van der Waals surface area (Å²) in [4.78, 5) is 36.9. The van der Waals surface area contributed by atoms with E-state index in [0.717, 1.165) is 25.7 Å². The van der Waals surface area contributed by atoms with Crippen LogP contribution in [0, 0.1) is 23.1 Å². The lowest BCUT2D eigenvalue weighted by atomic mass is 9.81. The number of hydrogen-bond donors (Lipinski definition) is 2. The van der Waals surface area contributed by atoms with Gasteiger partial charge in [0.25, 0.3) is 0 Å².